The molecular weight excluding hydrogens is 370 g/mol. The van der Waals surface area contributed by atoms with Crippen LogP contribution in [0.1, 0.15) is 36.8 Å². The van der Waals surface area contributed by atoms with Crippen molar-refractivity contribution >= 4 is 21.6 Å². The molecule has 2 aromatic rings. The molecule has 0 aliphatic heterocycles. The molecule has 1 N–H and O–H groups in total. The summed E-state index contributed by atoms with van der Waals surface area (Å²) in [6.45, 7) is 2.16. The van der Waals surface area contributed by atoms with Crippen molar-refractivity contribution in [3.8, 4) is 5.75 Å². The summed E-state index contributed by atoms with van der Waals surface area (Å²) >= 11 is 6.00. The number of ether oxygens (including phenoxy) is 1. The maximum atomic E-state index is 12.8. The highest BCUT2D eigenvalue weighted by atomic mass is 35.5. The van der Waals surface area contributed by atoms with Crippen molar-refractivity contribution in [1.29, 1.82) is 0 Å². The van der Waals surface area contributed by atoms with Gasteiger partial charge in [0.1, 0.15) is 5.75 Å². The fraction of sp³-hybridized carbons (Fsp3) is 0.400. The van der Waals surface area contributed by atoms with Crippen LogP contribution in [0.5, 0.6) is 5.75 Å². The standard InChI is InChI=1S/C20H24ClNO3S/c1-15-5-8-17(21)13-19(15)26(23,24)22-14-20(11-3-4-12-20)16-6-9-18(25-2)10-7-16/h5-10,13,22H,3-4,11-12,14H2,1-2H3. The molecular formula is C20H24ClNO3S. The second kappa shape index (κ2) is 7.59. The molecule has 0 bridgehead atoms. The molecule has 2 aromatic carbocycles. The number of hydrogen-bond donors (Lipinski definition) is 1. The van der Waals surface area contributed by atoms with E-state index in [2.05, 4.69) is 4.72 Å². The highest BCUT2D eigenvalue weighted by molar-refractivity contribution is 7.89. The van der Waals surface area contributed by atoms with Crippen molar-refractivity contribution in [3.63, 3.8) is 0 Å². The Morgan fingerprint density at radius 2 is 1.77 bits per heavy atom. The molecule has 0 heterocycles. The van der Waals surface area contributed by atoms with Crippen LogP contribution in [0.4, 0.5) is 0 Å². The normalized spacial score (nSPS) is 16.6. The topological polar surface area (TPSA) is 55.4 Å². The van der Waals surface area contributed by atoms with E-state index in [9.17, 15) is 8.42 Å². The predicted octanol–water partition coefficient (Wildman–Crippen LogP) is 4.45. The highest BCUT2D eigenvalue weighted by Gasteiger charge is 2.37. The summed E-state index contributed by atoms with van der Waals surface area (Å²) in [6.07, 6.45) is 4.14. The molecule has 140 valence electrons. The minimum Gasteiger partial charge on any atom is -0.497 e. The summed E-state index contributed by atoms with van der Waals surface area (Å²) in [5.41, 5.74) is 1.67. The van der Waals surface area contributed by atoms with Crippen LogP contribution in [0.15, 0.2) is 47.4 Å². The summed E-state index contributed by atoms with van der Waals surface area (Å²) in [4.78, 5) is 0.243. The molecule has 0 atom stereocenters. The zero-order chi connectivity index (χ0) is 18.8. The van der Waals surface area contributed by atoms with Crippen LogP contribution in [0, 0.1) is 6.92 Å². The van der Waals surface area contributed by atoms with Crippen LogP contribution in [0.25, 0.3) is 0 Å². The lowest BCUT2D eigenvalue weighted by molar-refractivity contribution is 0.410. The zero-order valence-corrected chi connectivity index (χ0v) is 16.7. The van der Waals surface area contributed by atoms with Gasteiger partial charge in [-0.15, -0.1) is 0 Å². The first-order chi connectivity index (χ1) is 12.4. The van der Waals surface area contributed by atoms with Gasteiger partial charge < -0.3 is 4.74 Å². The second-order valence-corrected chi connectivity index (χ2v) is 9.12. The van der Waals surface area contributed by atoms with Gasteiger partial charge in [0, 0.05) is 17.0 Å². The van der Waals surface area contributed by atoms with Crippen LogP contribution in [0.2, 0.25) is 5.02 Å². The van der Waals surface area contributed by atoms with Gasteiger partial charge in [-0.25, -0.2) is 13.1 Å². The Hall–Kier alpha value is -1.56. The lowest BCUT2D eigenvalue weighted by Gasteiger charge is -2.30. The number of methoxy groups -OCH3 is 1. The quantitative estimate of drug-likeness (QED) is 0.788. The molecule has 6 heteroatoms. The van der Waals surface area contributed by atoms with Gasteiger partial charge >= 0.3 is 0 Å². The van der Waals surface area contributed by atoms with Crippen LogP contribution in [-0.4, -0.2) is 22.1 Å². The molecule has 0 radical (unpaired) electrons. The minimum atomic E-state index is -3.62. The van der Waals surface area contributed by atoms with Crippen molar-refractivity contribution in [2.75, 3.05) is 13.7 Å². The van der Waals surface area contributed by atoms with Gasteiger partial charge in [0.05, 0.1) is 12.0 Å². The summed E-state index contributed by atoms with van der Waals surface area (Å²) in [6, 6.07) is 12.9. The lowest BCUT2D eigenvalue weighted by atomic mass is 9.79. The maximum Gasteiger partial charge on any atom is 0.240 e. The van der Waals surface area contributed by atoms with E-state index in [0.717, 1.165) is 37.0 Å². The van der Waals surface area contributed by atoms with Gasteiger partial charge in [-0.05, 0) is 55.2 Å². The molecule has 26 heavy (non-hydrogen) atoms. The summed E-state index contributed by atoms with van der Waals surface area (Å²) in [5, 5.41) is 0.418. The van der Waals surface area contributed by atoms with E-state index in [1.54, 1.807) is 26.2 Å². The van der Waals surface area contributed by atoms with Crippen LogP contribution in [-0.2, 0) is 15.4 Å². The first-order valence-corrected chi connectivity index (χ1v) is 10.6. The maximum absolute atomic E-state index is 12.8. The van der Waals surface area contributed by atoms with Crippen LogP contribution in [0.3, 0.4) is 0 Å². The molecule has 0 aromatic heterocycles. The van der Waals surface area contributed by atoms with E-state index in [4.69, 9.17) is 16.3 Å². The number of rotatable bonds is 6. The Kier molecular flexibility index (Phi) is 5.61. The number of aryl methyl sites for hydroxylation is 1. The molecule has 0 spiro atoms. The first-order valence-electron chi connectivity index (χ1n) is 8.77. The van der Waals surface area contributed by atoms with Gasteiger partial charge in [-0.3, -0.25) is 0 Å². The molecule has 3 rings (SSSR count). The van der Waals surface area contributed by atoms with Gasteiger partial charge in [0.15, 0.2) is 0 Å². The molecule has 1 aliphatic carbocycles. The monoisotopic (exact) mass is 393 g/mol. The van der Waals surface area contributed by atoms with E-state index in [0.29, 0.717) is 17.1 Å². The zero-order valence-electron chi connectivity index (χ0n) is 15.1. The molecule has 4 nitrogen and oxygen atoms in total. The Bertz CT molecular complexity index is 872. The molecule has 0 unspecified atom stereocenters. The molecule has 1 aliphatic rings. The Morgan fingerprint density at radius 3 is 2.38 bits per heavy atom. The third-order valence-electron chi connectivity index (χ3n) is 5.30. The van der Waals surface area contributed by atoms with Crippen molar-refractivity contribution < 1.29 is 13.2 Å². The highest BCUT2D eigenvalue weighted by Crippen LogP contribution is 2.41. The van der Waals surface area contributed by atoms with E-state index in [-0.39, 0.29) is 10.3 Å². The number of benzene rings is 2. The summed E-state index contributed by atoms with van der Waals surface area (Å²) < 4.78 is 33.8. The molecule has 0 saturated heterocycles. The number of hydrogen-bond acceptors (Lipinski definition) is 3. The Balaban J connectivity index is 1.85. The van der Waals surface area contributed by atoms with Gasteiger partial charge in [0.25, 0.3) is 0 Å². The minimum absolute atomic E-state index is 0.175. The van der Waals surface area contributed by atoms with E-state index < -0.39 is 10.0 Å². The third kappa shape index (κ3) is 3.90. The molecule has 1 fully saturated rings. The van der Waals surface area contributed by atoms with E-state index in [1.165, 1.54) is 6.07 Å². The fourth-order valence-corrected chi connectivity index (χ4v) is 5.37. The Labute approximate surface area is 160 Å². The largest absolute Gasteiger partial charge is 0.497 e. The van der Waals surface area contributed by atoms with E-state index in [1.807, 2.05) is 24.3 Å². The fourth-order valence-electron chi connectivity index (χ4n) is 3.74. The van der Waals surface area contributed by atoms with Crippen molar-refractivity contribution in [2.24, 2.45) is 0 Å². The van der Waals surface area contributed by atoms with Crippen LogP contribution >= 0.6 is 11.6 Å². The third-order valence-corrected chi connectivity index (χ3v) is 7.08. The molecule has 1 saturated carbocycles. The average molecular weight is 394 g/mol. The Morgan fingerprint density at radius 1 is 1.12 bits per heavy atom. The average Bonchev–Trinajstić information content (AvgIpc) is 3.12. The van der Waals surface area contributed by atoms with Crippen molar-refractivity contribution in [3.05, 3.63) is 58.6 Å². The molecule has 0 amide bonds. The first kappa shape index (κ1) is 19.2. The number of nitrogens with one attached hydrogen (secondary N) is 1. The summed E-state index contributed by atoms with van der Waals surface area (Å²) in [5.74, 6) is 0.803. The van der Waals surface area contributed by atoms with Gasteiger partial charge in [-0.2, -0.15) is 0 Å². The lowest BCUT2D eigenvalue weighted by Crippen LogP contribution is -2.39. The second-order valence-electron chi connectivity index (χ2n) is 6.95. The summed E-state index contributed by atoms with van der Waals surface area (Å²) in [7, 11) is -1.98. The van der Waals surface area contributed by atoms with Crippen molar-refractivity contribution in [2.45, 2.75) is 42.9 Å². The smallest absolute Gasteiger partial charge is 0.240 e. The van der Waals surface area contributed by atoms with Crippen LogP contribution < -0.4 is 9.46 Å². The SMILES string of the molecule is COc1ccc(C2(CNS(=O)(=O)c3cc(Cl)ccc3C)CCCC2)cc1. The van der Waals surface area contributed by atoms with E-state index >= 15 is 0 Å². The predicted molar refractivity (Wildman–Crippen MR) is 105 cm³/mol. The number of halogens is 1. The van der Waals surface area contributed by atoms with Gasteiger partial charge in [-0.1, -0.05) is 42.6 Å². The van der Waals surface area contributed by atoms with Gasteiger partial charge in [0.2, 0.25) is 10.0 Å². The number of sulfonamides is 1. The van der Waals surface area contributed by atoms with Crippen molar-refractivity contribution in [1.82, 2.24) is 4.72 Å².